The molecule has 1 saturated heterocycles. The largest absolute Gasteiger partial charge is 0.353 e. The molecule has 0 aromatic carbocycles. The minimum Gasteiger partial charge on any atom is -0.353 e. The highest BCUT2D eigenvalue weighted by Crippen LogP contribution is 2.20. The zero-order valence-electron chi connectivity index (χ0n) is 18.4. The van der Waals surface area contributed by atoms with Gasteiger partial charge in [-0.25, -0.2) is 4.79 Å². The van der Waals surface area contributed by atoms with Crippen molar-refractivity contribution in [3.63, 3.8) is 0 Å². The molecule has 0 spiro atoms. The summed E-state index contributed by atoms with van der Waals surface area (Å²) in [5.41, 5.74) is 0. The minimum absolute atomic E-state index is 0.0492. The van der Waals surface area contributed by atoms with Crippen LogP contribution in [-0.4, -0.2) is 36.0 Å². The number of likely N-dealkylation sites (tertiary alicyclic amines) is 1. The molecule has 5 nitrogen and oxygen atoms in total. The fourth-order valence-electron chi connectivity index (χ4n) is 4.69. The van der Waals surface area contributed by atoms with Crippen LogP contribution in [0, 0.1) is 5.92 Å². The van der Waals surface area contributed by atoms with Crippen molar-refractivity contribution >= 4 is 23.3 Å². The molecule has 6 heteroatoms. The number of hydrogen-bond donors (Lipinski definition) is 2. The number of piperidine rings is 1. The number of amides is 3. The van der Waals surface area contributed by atoms with Gasteiger partial charge in [-0.2, -0.15) is 0 Å². The summed E-state index contributed by atoms with van der Waals surface area (Å²) in [5.74, 6) is 0.0791. The van der Waals surface area contributed by atoms with Crippen LogP contribution in [0.2, 0.25) is 0 Å². The number of rotatable bonds is 4. The number of hydrogen-bond acceptors (Lipinski definition) is 3. The smallest absolute Gasteiger partial charge is 0.317 e. The maximum atomic E-state index is 13.0. The van der Waals surface area contributed by atoms with Crippen molar-refractivity contribution in [2.75, 3.05) is 13.1 Å². The lowest BCUT2D eigenvalue weighted by Crippen LogP contribution is -2.50. The normalized spacial score (nSPS) is 22.5. The number of carbonyl (C=O) groups is 2. The van der Waals surface area contributed by atoms with Gasteiger partial charge in [0, 0.05) is 24.0 Å². The van der Waals surface area contributed by atoms with Gasteiger partial charge in [-0.1, -0.05) is 63.9 Å². The Morgan fingerprint density at radius 2 is 1.60 bits per heavy atom. The number of nitrogens with zero attached hydrogens (tertiary/aromatic N) is 1. The average Bonchev–Trinajstić information content (AvgIpc) is 3.27. The van der Waals surface area contributed by atoms with Gasteiger partial charge in [-0.3, -0.25) is 4.79 Å². The van der Waals surface area contributed by atoms with Gasteiger partial charge in [-0.15, -0.1) is 11.3 Å². The predicted octanol–water partition coefficient (Wildman–Crippen LogP) is 5.46. The van der Waals surface area contributed by atoms with E-state index in [1.807, 2.05) is 22.4 Å². The van der Waals surface area contributed by atoms with Crippen molar-refractivity contribution < 1.29 is 9.59 Å². The second-order valence-corrected chi connectivity index (χ2v) is 10.0. The van der Waals surface area contributed by atoms with Crippen molar-refractivity contribution in [1.29, 1.82) is 0 Å². The first-order chi connectivity index (χ1) is 14.7. The highest BCUT2D eigenvalue weighted by molar-refractivity contribution is 7.09. The SMILES string of the molecule is O=C(NC1CCCCCCCCCCC1)C1CCCN(C(=O)NCc2cccs2)C1. The molecular weight excluding hydrogens is 394 g/mol. The third-order valence-corrected chi connectivity index (χ3v) is 7.40. The summed E-state index contributed by atoms with van der Waals surface area (Å²) in [6, 6.07) is 4.28. The van der Waals surface area contributed by atoms with E-state index in [1.165, 1.54) is 57.8 Å². The summed E-state index contributed by atoms with van der Waals surface area (Å²) in [6.07, 6.45) is 15.8. The van der Waals surface area contributed by atoms with Gasteiger partial charge >= 0.3 is 6.03 Å². The van der Waals surface area contributed by atoms with Gasteiger partial charge in [0.05, 0.1) is 12.5 Å². The topological polar surface area (TPSA) is 61.4 Å². The zero-order valence-corrected chi connectivity index (χ0v) is 19.2. The molecule has 1 saturated carbocycles. The lowest BCUT2D eigenvalue weighted by atomic mass is 9.94. The van der Waals surface area contributed by atoms with Crippen LogP contribution in [0.1, 0.15) is 88.3 Å². The van der Waals surface area contributed by atoms with Crippen LogP contribution in [0.15, 0.2) is 17.5 Å². The standard InChI is InChI=1S/C24H39N3O2S/c28-23(26-21-13-8-6-4-2-1-3-5-7-9-14-21)20-12-10-16-27(19-20)24(29)25-18-22-15-11-17-30-22/h11,15,17,20-21H,1-10,12-14,16,18-19H2,(H,25,29)(H,26,28). The minimum atomic E-state index is -0.0763. The molecule has 2 fully saturated rings. The lowest BCUT2D eigenvalue weighted by Gasteiger charge is -2.33. The van der Waals surface area contributed by atoms with E-state index >= 15 is 0 Å². The maximum Gasteiger partial charge on any atom is 0.317 e. The van der Waals surface area contributed by atoms with E-state index in [1.54, 1.807) is 11.3 Å². The quantitative estimate of drug-likeness (QED) is 0.662. The Morgan fingerprint density at radius 3 is 2.23 bits per heavy atom. The fourth-order valence-corrected chi connectivity index (χ4v) is 5.33. The molecule has 2 heterocycles. The van der Waals surface area contributed by atoms with Crippen LogP contribution in [0.25, 0.3) is 0 Å². The Bertz CT molecular complexity index is 622. The number of thiophene rings is 1. The molecule has 0 bridgehead atoms. The maximum absolute atomic E-state index is 13.0. The van der Waals surface area contributed by atoms with Crippen LogP contribution in [0.5, 0.6) is 0 Å². The predicted molar refractivity (Wildman–Crippen MR) is 124 cm³/mol. The lowest BCUT2D eigenvalue weighted by molar-refractivity contribution is -0.127. The van der Waals surface area contributed by atoms with Gasteiger partial charge in [-0.05, 0) is 37.1 Å². The highest BCUT2D eigenvalue weighted by atomic mass is 32.1. The Hall–Kier alpha value is -1.56. The van der Waals surface area contributed by atoms with Crippen molar-refractivity contribution in [1.82, 2.24) is 15.5 Å². The first kappa shape index (κ1) is 23.1. The Balaban J connectivity index is 1.44. The average molecular weight is 434 g/mol. The summed E-state index contributed by atoms with van der Waals surface area (Å²) in [7, 11) is 0. The van der Waals surface area contributed by atoms with Crippen LogP contribution in [0.3, 0.4) is 0 Å². The van der Waals surface area contributed by atoms with E-state index in [0.29, 0.717) is 19.1 Å². The third kappa shape index (κ3) is 7.93. The summed E-state index contributed by atoms with van der Waals surface area (Å²) in [6.45, 7) is 1.84. The van der Waals surface area contributed by atoms with Gasteiger partial charge in [0.1, 0.15) is 0 Å². The van der Waals surface area contributed by atoms with Gasteiger partial charge < -0.3 is 15.5 Å². The molecule has 1 aliphatic carbocycles. The summed E-state index contributed by atoms with van der Waals surface area (Å²) in [5, 5.41) is 8.38. The Labute approximate surface area is 186 Å². The van der Waals surface area contributed by atoms with Crippen molar-refractivity contribution in [3.05, 3.63) is 22.4 Å². The first-order valence-corrected chi connectivity index (χ1v) is 13.0. The van der Waals surface area contributed by atoms with E-state index in [2.05, 4.69) is 10.6 Å². The number of carbonyl (C=O) groups excluding carboxylic acids is 2. The Kier molecular flexibility index (Phi) is 10.0. The second-order valence-electron chi connectivity index (χ2n) is 8.99. The number of urea groups is 1. The van der Waals surface area contributed by atoms with E-state index in [-0.39, 0.29) is 17.9 Å². The van der Waals surface area contributed by atoms with E-state index in [9.17, 15) is 9.59 Å². The summed E-state index contributed by atoms with van der Waals surface area (Å²) < 4.78 is 0. The van der Waals surface area contributed by atoms with Gasteiger partial charge in [0.25, 0.3) is 0 Å². The van der Waals surface area contributed by atoms with Crippen LogP contribution in [0.4, 0.5) is 4.79 Å². The highest BCUT2D eigenvalue weighted by Gasteiger charge is 2.29. The van der Waals surface area contributed by atoms with Crippen molar-refractivity contribution in [3.8, 4) is 0 Å². The van der Waals surface area contributed by atoms with E-state index in [0.717, 1.165) is 37.1 Å². The van der Waals surface area contributed by atoms with Crippen molar-refractivity contribution in [2.24, 2.45) is 5.92 Å². The van der Waals surface area contributed by atoms with Crippen molar-refractivity contribution in [2.45, 2.75) is 96.1 Å². The monoisotopic (exact) mass is 433 g/mol. The molecule has 3 rings (SSSR count). The molecule has 1 aromatic rings. The van der Waals surface area contributed by atoms with E-state index < -0.39 is 0 Å². The molecule has 2 N–H and O–H groups in total. The molecule has 1 atom stereocenters. The number of nitrogens with one attached hydrogen (secondary N) is 2. The molecule has 1 aromatic heterocycles. The first-order valence-electron chi connectivity index (χ1n) is 12.1. The van der Waals surface area contributed by atoms with Crippen LogP contribution >= 0.6 is 11.3 Å². The van der Waals surface area contributed by atoms with Crippen LogP contribution < -0.4 is 10.6 Å². The van der Waals surface area contributed by atoms with Gasteiger partial charge in [0.2, 0.25) is 5.91 Å². The molecule has 1 unspecified atom stereocenters. The molecule has 1 aliphatic heterocycles. The van der Waals surface area contributed by atoms with E-state index in [4.69, 9.17) is 0 Å². The molecule has 2 aliphatic rings. The fraction of sp³-hybridized carbons (Fsp3) is 0.750. The zero-order chi connectivity index (χ0) is 21.0. The molecule has 3 amide bonds. The van der Waals surface area contributed by atoms with Crippen LogP contribution in [-0.2, 0) is 11.3 Å². The Morgan fingerprint density at radius 1 is 0.933 bits per heavy atom. The third-order valence-electron chi connectivity index (χ3n) is 6.52. The summed E-state index contributed by atoms with van der Waals surface area (Å²) in [4.78, 5) is 28.5. The second kappa shape index (κ2) is 13.0. The molecular formula is C24H39N3O2S. The molecule has 0 radical (unpaired) electrons. The molecule has 168 valence electrons. The summed E-state index contributed by atoms with van der Waals surface area (Å²) >= 11 is 1.65. The molecule has 30 heavy (non-hydrogen) atoms. The van der Waals surface area contributed by atoms with Gasteiger partial charge in [0.15, 0.2) is 0 Å².